The van der Waals surface area contributed by atoms with Crippen molar-refractivity contribution < 1.29 is 14.3 Å². The minimum Gasteiger partial charge on any atom is -0.398 e. The Morgan fingerprint density at radius 3 is 2.52 bits per heavy atom. The van der Waals surface area contributed by atoms with Gasteiger partial charge in [0.05, 0.1) is 18.8 Å². The first-order valence-electron chi connectivity index (χ1n) is 6.61. The number of rotatable bonds is 3. The topological polar surface area (TPSA) is 84.7 Å². The monoisotopic (exact) mass is 313 g/mol. The Morgan fingerprint density at radius 1 is 1.29 bits per heavy atom. The van der Waals surface area contributed by atoms with Crippen LogP contribution >= 0.6 is 12.4 Å². The summed E-state index contributed by atoms with van der Waals surface area (Å²) in [5.41, 5.74) is 6.53. The standard InChI is InChI=1S/C14H19N3O3.ClH/c1-10(14(19)17-6-8-20-9-7-17)16-13(18)11-4-2-3-5-12(11)15;/h2-5,10H,6-9,15H2,1H3,(H,16,18);1H. The van der Waals surface area contributed by atoms with E-state index in [9.17, 15) is 9.59 Å². The lowest BCUT2D eigenvalue weighted by atomic mass is 10.1. The number of nitrogens with two attached hydrogens (primary N) is 1. The molecule has 1 aromatic carbocycles. The number of nitrogen functional groups attached to an aromatic ring is 1. The second kappa shape index (κ2) is 7.85. The predicted octanol–water partition coefficient (Wildman–Crippen LogP) is 0.668. The molecule has 2 amide bonds. The van der Waals surface area contributed by atoms with E-state index in [4.69, 9.17) is 10.5 Å². The summed E-state index contributed by atoms with van der Waals surface area (Å²) in [6.45, 7) is 3.88. The Bertz CT molecular complexity index is 504. The van der Waals surface area contributed by atoms with Crippen molar-refractivity contribution in [3.05, 3.63) is 29.8 Å². The Kier molecular flexibility index (Phi) is 6.45. The highest BCUT2D eigenvalue weighted by atomic mass is 35.5. The zero-order chi connectivity index (χ0) is 14.5. The van der Waals surface area contributed by atoms with Gasteiger partial charge in [0, 0.05) is 18.8 Å². The number of para-hydroxylation sites is 1. The van der Waals surface area contributed by atoms with Crippen LogP contribution in [0, 0.1) is 0 Å². The van der Waals surface area contributed by atoms with E-state index >= 15 is 0 Å². The number of carbonyl (C=O) groups is 2. The van der Waals surface area contributed by atoms with Gasteiger partial charge in [-0.05, 0) is 19.1 Å². The number of benzene rings is 1. The molecule has 1 aromatic rings. The number of nitrogens with one attached hydrogen (secondary N) is 1. The van der Waals surface area contributed by atoms with Gasteiger partial charge in [0.15, 0.2) is 0 Å². The highest BCUT2D eigenvalue weighted by molar-refractivity contribution is 6.01. The SMILES string of the molecule is CC(NC(=O)c1ccccc1N)C(=O)N1CCOCC1.Cl. The highest BCUT2D eigenvalue weighted by Gasteiger charge is 2.24. The molecule has 6 nitrogen and oxygen atoms in total. The van der Waals surface area contributed by atoms with E-state index in [1.807, 2.05) is 0 Å². The third-order valence-electron chi connectivity index (χ3n) is 3.25. The molecule has 21 heavy (non-hydrogen) atoms. The van der Waals surface area contributed by atoms with Crippen LogP contribution in [0.2, 0.25) is 0 Å². The Hall–Kier alpha value is -1.79. The number of amides is 2. The number of halogens is 1. The van der Waals surface area contributed by atoms with Crippen LogP contribution in [-0.4, -0.2) is 49.1 Å². The van der Waals surface area contributed by atoms with Crippen molar-refractivity contribution >= 4 is 29.9 Å². The summed E-state index contributed by atoms with van der Waals surface area (Å²) in [6, 6.07) is 6.20. The fourth-order valence-corrected chi connectivity index (χ4v) is 2.10. The normalized spacial score (nSPS) is 15.8. The predicted molar refractivity (Wildman–Crippen MR) is 82.4 cm³/mol. The van der Waals surface area contributed by atoms with Gasteiger partial charge in [0.25, 0.3) is 5.91 Å². The van der Waals surface area contributed by atoms with Gasteiger partial charge in [-0.2, -0.15) is 0 Å². The molecule has 7 heteroatoms. The highest BCUT2D eigenvalue weighted by Crippen LogP contribution is 2.10. The lowest BCUT2D eigenvalue weighted by Gasteiger charge is -2.29. The van der Waals surface area contributed by atoms with Gasteiger partial charge < -0.3 is 20.7 Å². The molecule has 1 atom stereocenters. The molecule has 3 N–H and O–H groups in total. The Balaban J connectivity index is 0.00000220. The van der Waals surface area contributed by atoms with Gasteiger partial charge in [0.2, 0.25) is 5.91 Å². The van der Waals surface area contributed by atoms with Crippen LogP contribution < -0.4 is 11.1 Å². The number of nitrogens with zero attached hydrogens (tertiary/aromatic N) is 1. The first-order valence-corrected chi connectivity index (χ1v) is 6.61. The van der Waals surface area contributed by atoms with Gasteiger partial charge in [-0.3, -0.25) is 9.59 Å². The van der Waals surface area contributed by atoms with Gasteiger partial charge in [-0.1, -0.05) is 12.1 Å². The summed E-state index contributed by atoms with van der Waals surface area (Å²) in [7, 11) is 0. The average molecular weight is 314 g/mol. The molecule has 116 valence electrons. The molecule has 0 aliphatic carbocycles. The van der Waals surface area contributed by atoms with Crippen LogP contribution in [0.25, 0.3) is 0 Å². The molecular weight excluding hydrogens is 294 g/mol. The number of hydrogen-bond acceptors (Lipinski definition) is 4. The number of carbonyl (C=O) groups excluding carboxylic acids is 2. The van der Waals surface area contributed by atoms with E-state index in [1.165, 1.54) is 0 Å². The lowest BCUT2D eigenvalue weighted by molar-refractivity contribution is -0.136. The number of hydrogen-bond donors (Lipinski definition) is 2. The smallest absolute Gasteiger partial charge is 0.254 e. The first-order chi connectivity index (χ1) is 9.59. The fourth-order valence-electron chi connectivity index (χ4n) is 2.10. The zero-order valence-electron chi connectivity index (χ0n) is 11.9. The molecule has 1 heterocycles. The second-order valence-corrected chi connectivity index (χ2v) is 4.72. The van der Waals surface area contributed by atoms with Crippen molar-refractivity contribution in [2.75, 3.05) is 32.0 Å². The zero-order valence-corrected chi connectivity index (χ0v) is 12.7. The third-order valence-corrected chi connectivity index (χ3v) is 3.25. The molecule has 0 saturated carbocycles. The quantitative estimate of drug-likeness (QED) is 0.803. The van der Waals surface area contributed by atoms with E-state index in [0.29, 0.717) is 37.6 Å². The molecule has 1 aliphatic rings. The van der Waals surface area contributed by atoms with Crippen molar-refractivity contribution in [1.29, 1.82) is 0 Å². The van der Waals surface area contributed by atoms with Gasteiger partial charge in [-0.25, -0.2) is 0 Å². The molecule has 0 bridgehead atoms. The van der Waals surface area contributed by atoms with Gasteiger partial charge in [-0.15, -0.1) is 12.4 Å². The van der Waals surface area contributed by atoms with Crippen LogP contribution in [0.1, 0.15) is 17.3 Å². The Labute approximate surface area is 130 Å². The molecule has 0 spiro atoms. The molecule has 0 aromatic heterocycles. The van der Waals surface area contributed by atoms with E-state index in [1.54, 1.807) is 36.1 Å². The largest absolute Gasteiger partial charge is 0.398 e. The third kappa shape index (κ3) is 4.34. The van der Waals surface area contributed by atoms with Crippen molar-refractivity contribution in [2.45, 2.75) is 13.0 Å². The van der Waals surface area contributed by atoms with E-state index in [2.05, 4.69) is 5.32 Å². The molecule has 1 unspecified atom stereocenters. The molecule has 2 rings (SSSR count). The van der Waals surface area contributed by atoms with Gasteiger partial charge in [0.1, 0.15) is 6.04 Å². The molecule has 1 aliphatic heterocycles. The van der Waals surface area contributed by atoms with Crippen LogP contribution in [-0.2, 0) is 9.53 Å². The van der Waals surface area contributed by atoms with E-state index < -0.39 is 6.04 Å². The maximum absolute atomic E-state index is 12.2. The van der Waals surface area contributed by atoms with Crippen molar-refractivity contribution in [3.63, 3.8) is 0 Å². The fraction of sp³-hybridized carbons (Fsp3) is 0.429. The average Bonchev–Trinajstić information content (AvgIpc) is 2.47. The minimum atomic E-state index is -0.583. The minimum absolute atomic E-state index is 0. The Morgan fingerprint density at radius 2 is 1.90 bits per heavy atom. The summed E-state index contributed by atoms with van der Waals surface area (Å²) >= 11 is 0. The van der Waals surface area contributed by atoms with E-state index in [0.717, 1.165) is 0 Å². The first kappa shape index (κ1) is 17.3. The summed E-state index contributed by atoms with van der Waals surface area (Å²) in [5.74, 6) is -0.437. The molecular formula is C14H20ClN3O3. The second-order valence-electron chi connectivity index (χ2n) is 4.72. The lowest BCUT2D eigenvalue weighted by Crippen LogP contribution is -2.50. The van der Waals surface area contributed by atoms with Gasteiger partial charge >= 0.3 is 0 Å². The van der Waals surface area contributed by atoms with Crippen LogP contribution in [0.5, 0.6) is 0 Å². The van der Waals surface area contributed by atoms with Crippen molar-refractivity contribution in [3.8, 4) is 0 Å². The van der Waals surface area contributed by atoms with E-state index in [-0.39, 0.29) is 24.2 Å². The maximum atomic E-state index is 12.2. The maximum Gasteiger partial charge on any atom is 0.254 e. The molecule has 1 saturated heterocycles. The van der Waals surface area contributed by atoms with Crippen molar-refractivity contribution in [1.82, 2.24) is 10.2 Å². The van der Waals surface area contributed by atoms with Crippen LogP contribution in [0.15, 0.2) is 24.3 Å². The number of morpholine rings is 1. The summed E-state index contributed by atoms with van der Waals surface area (Å²) in [5, 5.41) is 2.68. The summed E-state index contributed by atoms with van der Waals surface area (Å²) in [4.78, 5) is 25.9. The number of ether oxygens (including phenoxy) is 1. The van der Waals surface area contributed by atoms with Crippen molar-refractivity contribution in [2.24, 2.45) is 0 Å². The summed E-state index contributed by atoms with van der Waals surface area (Å²) in [6.07, 6.45) is 0. The van der Waals surface area contributed by atoms with Crippen LogP contribution in [0.3, 0.4) is 0 Å². The molecule has 1 fully saturated rings. The van der Waals surface area contributed by atoms with Crippen LogP contribution in [0.4, 0.5) is 5.69 Å². The molecule has 0 radical (unpaired) electrons. The summed E-state index contributed by atoms with van der Waals surface area (Å²) < 4.78 is 5.20. The number of anilines is 1.